The van der Waals surface area contributed by atoms with Gasteiger partial charge in [0.2, 0.25) is 11.7 Å². The molecule has 1 aliphatic rings. The van der Waals surface area contributed by atoms with Crippen LogP contribution >= 0.6 is 0 Å². The van der Waals surface area contributed by atoms with Crippen LogP contribution < -0.4 is 14.8 Å². The Morgan fingerprint density at radius 1 is 1.00 bits per heavy atom. The molecule has 2 aromatic rings. The van der Waals surface area contributed by atoms with E-state index in [2.05, 4.69) is 5.32 Å². The minimum atomic E-state index is -0.702. The molecule has 0 bridgehead atoms. The molecular weight excluding hydrogens is 326 g/mol. The zero-order valence-electron chi connectivity index (χ0n) is 13.6. The van der Waals surface area contributed by atoms with Crippen molar-refractivity contribution in [1.29, 1.82) is 0 Å². The second-order valence-corrected chi connectivity index (χ2v) is 5.35. The Labute approximate surface area is 143 Å². The van der Waals surface area contributed by atoms with Gasteiger partial charge >= 0.3 is 0 Å². The number of aliphatic hydroxyl groups excluding tert-OH is 1. The second kappa shape index (κ2) is 6.37. The molecule has 0 atom stereocenters. The fourth-order valence-corrected chi connectivity index (χ4v) is 2.86. The highest BCUT2D eigenvalue weighted by atomic mass is 16.5. The van der Waals surface area contributed by atoms with Crippen LogP contribution in [0.4, 0.5) is 5.69 Å². The van der Waals surface area contributed by atoms with Crippen molar-refractivity contribution >= 4 is 23.2 Å². The van der Waals surface area contributed by atoms with Gasteiger partial charge in [0.1, 0.15) is 18.1 Å². The maximum Gasteiger partial charge on any atom is 0.250 e. The third-order valence-corrected chi connectivity index (χ3v) is 3.94. The fourth-order valence-electron chi connectivity index (χ4n) is 2.86. The molecule has 0 saturated carbocycles. The average Bonchev–Trinajstić information content (AvgIpc) is 2.64. The number of ether oxygens (including phenoxy) is 2. The van der Waals surface area contributed by atoms with Gasteiger partial charge in [0.05, 0.1) is 25.3 Å². The van der Waals surface area contributed by atoms with Gasteiger partial charge in [0.15, 0.2) is 5.78 Å². The molecule has 2 N–H and O–H groups in total. The standard InChI is InChI=1S/C18H15NO6/c1-24-12-5-3-4-10-15(12)18(23)16-11(17(10)22)6-9(7-13(16)25-2)19-14(21)8-20/h3-7,20H,8H2,1-2H3,(H,19,21). The van der Waals surface area contributed by atoms with E-state index in [0.29, 0.717) is 5.75 Å². The molecule has 0 fully saturated rings. The molecule has 0 radical (unpaired) electrons. The summed E-state index contributed by atoms with van der Waals surface area (Å²) in [5, 5.41) is 11.3. The molecule has 3 rings (SSSR count). The molecule has 0 saturated heterocycles. The Morgan fingerprint density at radius 2 is 1.68 bits per heavy atom. The van der Waals surface area contributed by atoms with E-state index < -0.39 is 12.5 Å². The second-order valence-electron chi connectivity index (χ2n) is 5.35. The van der Waals surface area contributed by atoms with Gasteiger partial charge in [-0.25, -0.2) is 0 Å². The number of methoxy groups -OCH3 is 2. The first-order valence-electron chi connectivity index (χ1n) is 7.41. The number of hydrogen-bond donors (Lipinski definition) is 2. The lowest BCUT2D eigenvalue weighted by molar-refractivity contribution is -0.118. The van der Waals surface area contributed by atoms with E-state index in [4.69, 9.17) is 14.6 Å². The van der Waals surface area contributed by atoms with Gasteiger partial charge in [0.25, 0.3) is 0 Å². The number of anilines is 1. The third-order valence-electron chi connectivity index (χ3n) is 3.94. The number of amides is 1. The van der Waals surface area contributed by atoms with Crippen molar-refractivity contribution in [2.45, 2.75) is 0 Å². The zero-order chi connectivity index (χ0) is 18.1. The predicted octanol–water partition coefficient (Wildman–Crippen LogP) is 1.41. The highest BCUT2D eigenvalue weighted by Gasteiger charge is 2.35. The fraction of sp³-hybridized carbons (Fsp3) is 0.167. The smallest absolute Gasteiger partial charge is 0.250 e. The molecule has 7 nitrogen and oxygen atoms in total. The minimum Gasteiger partial charge on any atom is -0.496 e. The third kappa shape index (κ3) is 2.64. The quantitative estimate of drug-likeness (QED) is 0.744. The van der Waals surface area contributed by atoms with Gasteiger partial charge in [-0.05, 0) is 12.1 Å². The van der Waals surface area contributed by atoms with Crippen molar-refractivity contribution in [3.8, 4) is 11.5 Å². The molecule has 0 unspecified atom stereocenters. The summed E-state index contributed by atoms with van der Waals surface area (Å²) in [6, 6.07) is 7.61. The molecule has 0 heterocycles. The van der Waals surface area contributed by atoms with Crippen LogP contribution in [0.15, 0.2) is 30.3 Å². The van der Waals surface area contributed by atoms with Crippen molar-refractivity contribution in [3.63, 3.8) is 0 Å². The van der Waals surface area contributed by atoms with Crippen LogP contribution in [0.5, 0.6) is 11.5 Å². The number of carbonyl (C=O) groups is 3. The first-order valence-corrected chi connectivity index (χ1v) is 7.41. The van der Waals surface area contributed by atoms with Crippen molar-refractivity contribution in [2.75, 3.05) is 26.1 Å². The van der Waals surface area contributed by atoms with E-state index in [1.54, 1.807) is 18.2 Å². The number of rotatable bonds is 4. The molecule has 128 valence electrons. The molecule has 0 spiro atoms. The molecular formula is C18H15NO6. The maximum absolute atomic E-state index is 13.0. The van der Waals surface area contributed by atoms with Crippen molar-refractivity contribution in [1.82, 2.24) is 0 Å². The van der Waals surface area contributed by atoms with E-state index in [0.717, 1.165) is 0 Å². The first-order chi connectivity index (χ1) is 12.0. The summed E-state index contributed by atoms with van der Waals surface area (Å²) in [7, 11) is 2.79. The molecule has 1 aliphatic carbocycles. The van der Waals surface area contributed by atoms with Crippen LogP contribution in [0.3, 0.4) is 0 Å². The SMILES string of the molecule is COc1cccc2c1C(=O)c1c(OC)cc(NC(=O)CO)cc1C2=O. The van der Waals surface area contributed by atoms with Crippen molar-refractivity contribution in [2.24, 2.45) is 0 Å². The Balaban J connectivity index is 2.22. The largest absolute Gasteiger partial charge is 0.496 e. The van der Waals surface area contributed by atoms with Crippen LogP contribution in [0.25, 0.3) is 0 Å². The number of nitrogens with one attached hydrogen (secondary N) is 1. The molecule has 1 amide bonds. The maximum atomic E-state index is 13.0. The summed E-state index contributed by atoms with van der Waals surface area (Å²) in [5.41, 5.74) is 0.907. The van der Waals surface area contributed by atoms with Crippen LogP contribution in [-0.4, -0.2) is 43.4 Å². The van der Waals surface area contributed by atoms with Crippen LogP contribution in [0, 0.1) is 0 Å². The molecule has 2 aromatic carbocycles. The Bertz CT molecular complexity index is 903. The summed E-state index contributed by atoms with van der Waals surface area (Å²) in [4.78, 5) is 37.2. The van der Waals surface area contributed by atoms with Gasteiger partial charge in [-0.1, -0.05) is 12.1 Å². The van der Waals surface area contributed by atoms with Gasteiger partial charge in [-0.15, -0.1) is 0 Å². The highest BCUT2D eigenvalue weighted by Crippen LogP contribution is 2.38. The van der Waals surface area contributed by atoms with E-state index in [-0.39, 0.29) is 45.3 Å². The summed E-state index contributed by atoms with van der Waals surface area (Å²) >= 11 is 0. The minimum absolute atomic E-state index is 0.117. The highest BCUT2D eigenvalue weighted by molar-refractivity contribution is 6.30. The number of benzene rings is 2. The predicted molar refractivity (Wildman–Crippen MR) is 88.6 cm³/mol. The van der Waals surface area contributed by atoms with Crippen molar-refractivity contribution in [3.05, 3.63) is 52.6 Å². The Hall–Kier alpha value is -3.19. The van der Waals surface area contributed by atoms with E-state index in [1.807, 2.05) is 0 Å². The number of aliphatic hydroxyl groups is 1. The van der Waals surface area contributed by atoms with Gasteiger partial charge in [0, 0.05) is 22.9 Å². The summed E-state index contributed by atoms with van der Waals surface area (Å²) in [6.07, 6.45) is 0. The monoisotopic (exact) mass is 341 g/mol. The Kier molecular flexibility index (Phi) is 4.24. The lowest BCUT2D eigenvalue weighted by Crippen LogP contribution is -2.23. The normalized spacial score (nSPS) is 12.3. The average molecular weight is 341 g/mol. The lowest BCUT2D eigenvalue weighted by atomic mass is 9.82. The van der Waals surface area contributed by atoms with Gasteiger partial charge in [-0.3, -0.25) is 14.4 Å². The topological polar surface area (TPSA) is 102 Å². The molecule has 7 heteroatoms. The zero-order valence-corrected chi connectivity index (χ0v) is 13.6. The molecule has 0 aliphatic heterocycles. The van der Waals surface area contributed by atoms with E-state index in [9.17, 15) is 14.4 Å². The van der Waals surface area contributed by atoms with Crippen LogP contribution in [0.1, 0.15) is 31.8 Å². The number of hydrogen-bond acceptors (Lipinski definition) is 6. The van der Waals surface area contributed by atoms with Gasteiger partial charge < -0.3 is 19.9 Å². The summed E-state index contributed by atoms with van der Waals surface area (Å²) in [5.74, 6) is -0.943. The van der Waals surface area contributed by atoms with Crippen molar-refractivity contribution < 1.29 is 29.0 Å². The van der Waals surface area contributed by atoms with E-state index in [1.165, 1.54) is 26.4 Å². The molecule has 25 heavy (non-hydrogen) atoms. The lowest BCUT2D eigenvalue weighted by Gasteiger charge is -2.22. The molecule has 0 aromatic heterocycles. The summed E-state index contributed by atoms with van der Waals surface area (Å²) in [6.45, 7) is -0.702. The number of fused-ring (bicyclic) bond motifs is 2. The van der Waals surface area contributed by atoms with E-state index >= 15 is 0 Å². The first kappa shape index (κ1) is 16.7. The number of ketones is 2. The van der Waals surface area contributed by atoms with Gasteiger partial charge in [-0.2, -0.15) is 0 Å². The van der Waals surface area contributed by atoms with Crippen LogP contribution in [0.2, 0.25) is 0 Å². The van der Waals surface area contributed by atoms with Crippen LogP contribution in [-0.2, 0) is 4.79 Å². The number of carbonyl (C=O) groups excluding carboxylic acids is 3. The summed E-state index contributed by atoms with van der Waals surface area (Å²) < 4.78 is 10.5. The Morgan fingerprint density at radius 3 is 2.32 bits per heavy atom.